The van der Waals surface area contributed by atoms with E-state index in [1.54, 1.807) is 45.0 Å². The summed E-state index contributed by atoms with van der Waals surface area (Å²) in [5.41, 5.74) is 1.44. The van der Waals surface area contributed by atoms with Gasteiger partial charge in [0.05, 0.1) is 16.4 Å². The summed E-state index contributed by atoms with van der Waals surface area (Å²) in [4.78, 5) is 79.5. The maximum atomic E-state index is 12.9. The van der Waals surface area contributed by atoms with E-state index >= 15 is 0 Å². The third-order valence-electron chi connectivity index (χ3n) is 7.13. The number of imidazole rings is 1. The van der Waals surface area contributed by atoms with E-state index in [-0.39, 0.29) is 65.8 Å². The Kier molecular flexibility index (Phi) is 11.9. The monoisotopic (exact) mass is 713 g/mol. The maximum Gasteiger partial charge on any atom is 0.291 e. The topological polar surface area (TPSA) is 215 Å². The first kappa shape index (κ1) is 36.3. The van der Waals surface area contributed by atoms with E-state index in [0.29, 0.717) is 23.5 Å². The van der Waals surface area contributed by atoms with E-state index < -0.39 is 23.6 Å². The van der Waals surface area contributed by atoms with Crippen LogP contribution in [0.1, 0.15) is 66.2 Å². The highest BCUT2D eigenvalue weighted by molar-refractivity contribution is 7.06. The Morgan fingerprint density at radius 2 is 1.35 bits per heavy atom. The van der Waals surface area contributed by atoms with Gasteiger partial charge in [-0.2, -0.15) is 4.37 Å². The van der Waals surface area contributed by atoms with E-state index in [2.05, 4.69) is 41.3 Å². The van der Waals surface area contributed by atoms with Crippen LogP contribution in [0.3, 0.4) is 0 Å². The zero-order chi connectivity index (χ0) is 35.8. The highest BCUT2D eigenvalue weighted by Gasteiger charge is 2.20. The molecule has 0 radical (unpaired) electrons. The normalized spacial score (nSPS) is 10.7. The van der Waals surface area contributed by atoms with Crippen molar-refractivity contribution in [2.75, 3.05) is 36.1 Å². The number of aromatic nitrogens is 5. The van der Waals surface area contributed by atoms with Gasteiger partial charge in [0, 0.05) is 77.6 Å². The van der Waals surface area contributed by atoms with Gasteiger partial charge in [-0.1, -0.05) is 11.6 Å². The molecule has 4 aromatic rings. The fourth-order valence-electron chi connectivity index (χ4n) is 4.59. The number of anilines is 3. The average molecular weight is 714 g/mol. The highest BCUT2D eigenvalue weighted by atomic mass is 35.5. The van der Waals surface area contributed by atoms with Crippen molar-refractivity contribution in [1.82, 2.24) is 39.0 Å². The number of carbonyl (C=O) groups is 6. The molecule has 0 aromatic carbocycles. The molecule has 6 N–H and O–H groups in total. The molecule has 260 valence electrons. The zero-order valence-corrected chi connectivity index (χ0v) is 29.0. The van der Waals surface area contributed by atoms with Crippen LogP contribution in [0.2, 0.25) is 5.02 Å². The minimum absolute atomic E-state index is 0.0194. The number of amides is 6. The molecule has 6 amide bonds. The van der Waals surface area contributed by atoms with E-state index in [1.165, 1.54) is 34.5 Å². The number of hydrogen-bond donors (Lipinski definition) is 6. The van der Waals surface area contributed by atoms with Gasteiger partial charge in [-0.05, 0) is 37.0 Å². The van der Waals surface area contributed by atoms with Crippen molar-refractivity contribution in [3.63, 3.8) is 0 Å². The van der Waals surface area contributed by atoms with Gasteiger partial charge in [0.2, 0.25) is 17.6 Å². The standard InChI is InChI=1S/C30H36ClN11O6S/c1-16-24(31)25(39-49-16)29(47)35-17-11-19(40(3)13-17)27(45)33-9-6-7-23(44)37-21-15-42(5)26(38-21)30(48)36-18-12-20(41(4)14-18)28(46)34-10-8-22(43)32-2/h11-15H,6-10H2,1-5H3,(H,32,43)(H,33,45)(H,34,46)(H,35,47)(H,36,48)(H,37,44). The van der Waals surface area contributed by atoms with Crippen molar-refractivity contribution in [2.45, 2.75) is 26.2 Å². The zero-order valence-electron chi connectivity index (χ0n) is 27.4. The molecule has 0 spiro atoms. The fourth-order valence-corrected chi connectivity index (χ4v) is 5.45. The molecule has 19 heteroatoms. The van der Waals surface area contributed by atoms with Gasteiger partial charge in [0.25, 0.3) is 23.6 Å². The van der Waals surface area contributed by atoms with Crippen molar-refractivity contribution in [3.8, 4) is 0 Å². The van der Waals surface area contributed by atoms with Crippen LogP contribution < -0.4 is 31.9 Å². The third-order valence-corrected chi connectivity index (χ3v) is 8.45. The summed E-state index contributed by atoms with van der Waals surface area (Å²) in [5.74, 6) is -2.22. The lowest BCUT2D eigenvalue weighted by Gasteiger charge is -2.06. The van der Waals surface area contributed by atoms with Gasteiger partial charge < -0.3 is 45.6 Å². The Bertz CT molecular complexity index is 1910. The Labute approximate surface area is 289 Å². The number of nitrogens with one attached hydrogen (secondary N) is 6. The van der Waals surface area contributed by atoms with Crippen LogP contribution in [0.4, 0.5) is 17.2 Å². The summed E-state index contributed by atoms with van der Waals surface area (Å²) >= 11 is 7.25. The minimum Gasteiger partial charge on any atom is -0.359 e. The van der Waals surface area contributed by atoms with Gasteiger partial charge >= 0.3 is 0 Å². The summed E-state index contributed by atoms with van der Waals surface area (Å²) in [6.45, 7) is 2.12. The molecule has 49 heavy (non-hydrogen) atoms. The highest BCUT2D eigenvalue weighted by Crippen LogP contribution is 2.25. The molecule has 0 aliphatic rings. The molecule has 0 bridgehead atoms. The Morgan fingerprint density at radius 1 is 0.755 bits per heavy atom. The van der Waals surface area contributed by atoms with Crippen LogP contribution in [0.5, 0.6) is 0 Å². The molecule has 0 unspecified atom stereocenters. The fraction of sp³-hybridized carbons (Fsp3) is 0.333. The minimum atomic E-state index is -0.562. The third kappa shape index (κ3) is 9.32. The molecule has 0 atom stereocenters. The lowest BCUT2D eigenvalue weighted by molar-refractivity contribution is -0.120. The van der Waals surface area contributed by atoms with E-state index in [4.69, 9.17) is 11.6 Å². The smallest absolute Gasteiger partial charge is 0.291 e. The van der Waals surface area contributed by atoms with Crippen molar-refractivity contribution in [2.24, 2.45) is 21.1 Å². The summed E-state index contributed by atoms with van der Waals surface area (Å²) in [5, 5.41) is 16.2. The second kappa shape index (κ2) is 16.1. The van der Waals surface area contributed by atoms with Crippen LogP contribution in [0.15, 0.2) is 30.7 Å². The molecule has 17 nitrogen and oxygen atoms in total. The molecule has 4 rings (SSSR count). The van der Waals surface area contributed by atoms with Gasteiger partial charge in [-0.25, -0.2) is 4.98 Å². The average Bonchev–Trinajstić information content (AvgIpc) is 3.80. The van der Waals surface area contributed by atoms with Crippen molar-refractivity contribution in [1.29, 1.82) is 0 Å². The second-order valence-electron chi connectivity index (χ2n) is 10.9. The number of nitrogens with zero attached hydrogens (tertiary/aromatic N) is 5. The van der Waals surface area contributed by atoms with Crippen LogP contribution in [-0.4, -0.2) is 78.6 Å². The quantitative estimate of drug-likeness (QED) is 0.106. The number of halogens is 1. The first-order chi connectivity index (χ1) is 23.3. The first-order valence-corrected chi connectivity index (χ1v) is 16.1. The molecule has 0 aliphatic carbocycles. The van der Waals surface area contributed by atoms with Gasteiger partial charge in [0.15, 0.2) is 11.5 Å². The number of hydrogen-bond acceptors (Lipinski definition) is 9. The van der Waals surface area contributed by atoms with E-state index in [0.717, 1.165) is 16.4 Å². The molecular weight excluding hydrogens is 678 g/mol. The van der Waals surface area contributed by atoms with Crippen LogP contribution in [0, 0.1) is 6.92 Å². The summed E-state index contributed by atoms with van der Waals surface area (Å²) in [6, 6.07) is 3.01. The molecule has 4 aromatic heterocycles. The largest absolute Gasteiger partial charge is 0.359 e. The number of aryl methyl sites for hydroxylation is 4. The van der Waals surface area contributed by atoms with Gasteiger partial charge in [-0.15, -0.1) is 0 Å². The van der Waals surface area contributed by atoms with Crippen LogP contribution in [-0.2, 0) is 30.7 Å². The predicted octanol–water partition coefficient (Wildman–Crippen LogP) is 2.03. The molecule has 0 saturated heterocycles. The first-order valence-electron chi connectivity index (χ1n) is 14.9. The number of rotatable bonds is 14. The lowest BCUT2D eigenvalue weighted by Crippen LogP contribution is -2.30. The van der Waals surface area contributed by atoms with Gasteiger partial charge in [0.1, 0.15) is 11.4 Å². The Balaban J connectivity index is 1.22. The second-order valence-corrected chi connectivity index (χ2v) is 12.3. The number of carbonyl (C=O) groups excluding carboxylic acids is 6. The van der Waals surface area contributed by atoms with Crippen LogP contribution >= 0.6 is 23.1 Å². The maximum absolute atomic E-state index is 12.9. The Hall–Kier alpha value is -5.49. The van der Waals surface area contributed by atoms with Crippen molar-refractivity contribution < 1.29 is 28.8 Å². The molecule has 0 saturated carbocycles. The SMILES string of the molecule is CNC(=O)CCNC(=O)c1cc(NC(=O)c2nc(NC(=O)CCCNC(=O)c3cc(NC(=O)c4nsc(C)c4Cl)cn3C)cn2C)cn1C. The van der Waals surface area contributed by atoms with Crippen molar-refractivity contribution >= 4 is 75.8 Å². The molecule has 4 heterocycles. The van der Waals surface area contributed by atoms with E-state index in [1.807, 2.05) is 0 Å². The summed E-state index contributed by atoms with van der Waals surface area (Å²) in [7, 11) is 6.41. The van der Waals surface area contributed by atoms with Crippen molar-refractivity contribution in [3.05, 3.63) is 63.5 Å². The predicted molar refractivity (Wildman–Crippen MR) is 183 cm³/mol. The summed E-state index contributed by atoms with van der Waals surface area (Å²) < 4.78 is 8.60. The lowest BCUT2D eigenvalue weighted by atomic mass is 10.3. The summed E-state index contributed by atoms with van der Waals surface area (Å²) in [6.07, 6.45) is 5.16. The van der Waals surface area contributed by atoms with Crippen LogP contribution in [0.25, 0.3) is 0 Å². The molecular formula is C30H36ClN11O6S. The van der Waals surface area contributed by atoms with Gasteiger partial charge in [-0.3, -0.25) is 28.8 Å². The molecule has 0 fully saturated rings. The molecule has 0 aliphatic heterocycles. The van der Waals surface area contributed by atoms with E-state index in [9.17, 15) is 28.8 Å². The Morgan fingerprint density at radius 3 is 1.92 bits per heavy atom.